The van der Waals surface area contributed by atoms with Gasteiger partial charge in [-0.3, -0.25) is 0 Å². The standard InChI is InChI=1S/C14H13N3/c1-9-4-11(7-13(15)5-9)12-6-10-2-3-16-14(10)17-8-12/h2-8H,15H2,1H3,(H,16,17). The van der Waals surface area contributed by atoms with Crippen LogP contribution in [0.4, 0.5) is 5.69 Å². The van der Waals surface area contributed by atoms with Crippen LogP contribution in [-0.4, -0.2) is 9.97 Å². The van der Waals surface area contributed by atoms with Crippen molar-refractivity contribution in [3.8, 4) is 11.1 Å². The highest BCUT2D eigenvalue weighted by Gasteiger charge is 2.03. The van der Waals surface area contributed by atoms with Crippen molar-refractivity contribution in [2.24, 2.45) is 0 Å². The molecular weight excluding hydrogens is 210 g/mol. The second kappa shape index (κ2) is 3.63. The molecule has 1 aromatic carbocycles. The molecule has 17 heavy (non-hydrogen) atoms. The minimum Gasteiger partial charge on any atom is -0.399 e. The Hall–Kier alpha value is -2.29. The summed E-state index contributed by atoms with van der Waals surface area (Å²) in [5.41, 5.74) is 10.9. The van der Waals surface area contributed by atoms with Crippen LogP contribution in [-0.2, 0) is 0 Å². The average Bonchev–Trinajstić information content (AvgIpc) is 2.74. The van der Waals surface area contributed by atoms with Crippen LogP contribution in [0, 0.1) is 6.92 Å². The van der Waals surface area contributed by atoms with Gasteiger partial charge < -0.3 is 10.7 Å². The Balaban J connectivity index is 2.19. The fraction of sp³-hybridized carbons (Fsp3) is 0.0714. The fourth-order valence-corrected chi connectivity index (χ4v) is 2.08. The number of aromatic amines is 1. The third kappa shape index (κ3) is 1.76. The Morgan fingerprint density at radius 1 is 1.12 bits per heavy atom. The molecule has 0 fully saturated rings. The van der Waals surface area contributed by atoms with E-state index in [-0.39, 0.29) is 0 Å². The maximum absolute atomic E-state index is 5.86. The van der Waals surface area contributed by atoms with Crippen LogP contribution in [0.5, 0.6) is 0 Å². The molecule has 0 saturated carbocycles. The summed E-state index contributed by atoms with van der Waals surface area (Å²) in [6, 6.07) is 10.2. The van der Waals surface area contributed by atoms with E-state index < -0.39 is 0 Å². The zero-order valence-electron chi connectivity index (χ0n) is 9.57. The van der Waals surface area contributed by atoms with E-state index in [1.165, 1.54) is 0 Å². The van der Waals surface area contributed by atoms with Crippen molar-refractivity contribution in [3.05, 3.63) is 48.3 Å². The molecule has 0 amide bonds. The van der Waals surface area contributed by atoms with Gasteiger partial charge in [-0.15, -0.1) is 0 Å². The van der Waals surface area contributed by atoms with Crippen molar-refractivity contribution >= 4 is 16.7 Å². The molecule has 3 nitrogen and oxygen atoms in total. The first-order valence-electron chi connectivity index (χ1n) is 5.53. The number of nitrogens with two attached hydrogens (primary N) is 1. The summed E-state index contributed by atoms with van der Waals surface area (Å²) >= 11 is 0. The third-order valence-electron chi connectivity index (χ3n) is 2.83. The monoisotopic (exact) mass is 223 g/mol. The molecule has 84 valence electrons. The molecule has 0 aliphatic carbocycles. The van der Waals surface area contributed by atoms with Gasteiger partial charge in [-0.25, -0.2) is 4.98 Å². The van der Waals surface area contributed by atoms with Crippen LogP contribution in [0.25, 0.3) is 22.2 Å². The van der Waals surface area contributed by atoms with Gasteiger partial charge in [-0.1, -0.05) is 6.07 Å². The van der Waals surface area contributed by atoms with Crippen LogP contribution in [0.2, 0.25) is 0 Å². The predicted molar refractivity (Wildman–Crippen MR) is 70.7 cm³/mol. The van der Waals surface area contributed by atoms with Crippen molar-refractivity contribution in [2.75, 3.05) is 5.73 Å². The van der Waals surface area contributed by atoms with Gasteiger partial charge in [0, 0.05) is 29.0 Å². The number of nitrogens with one attached hydrogen (secondary N) is 1. The Kier molecular flexibility index (Phi) is 2.11. The largest absolute Gasteiger partial charge is 0.399 e. The van der Waals surface area contributed by atoms with Crippen LogP contribution >= 0.6 is 0 Å². The lowest BCUT2D eigenvalue weighted by Crippen LogP contribution is -1.88. The fourth-order valence-electron chi connectivity index (χ4n) is 2.08. The number of benzene rings is 1. The van der Waals surface area contributed by atoms with E-state index in [9.17, 15) is 0 Å². The highest BCUT2D eigenvalue weighted by molar-refractivity contribution is 5.82. The third-order valence-corrected chi connectivity index (χ3v) is 2.83. The van der Waals surface area contributed by atoms with Gasteiger partial charge in [0.25, 0.3) is 0 Å². The van der Waals surface area contributed by atoms with Gasteiger partial charge in [0.05, 0.1) is 0 Å². The first-order chi connectivity index (χ1) is 8.22. The van der Waals surface area contributed by atoms with Gasteiger partial charge in [0.15, 0.2) is 0 Å². The Morgan fingerprint density at radius 3 is 2.82 bits per heavy atom. The Bertz CT molecular complexity index is 663. The van der Waals surface area contributed by atoms with E-state index >= 15 is 0 Å². The number of H-pyrrole nitrogens is 1. The molecule has 0 spiro atoms. The first kappa shape index (κ1) is 9.90. The second-order valence-electron chi connectivity index (χ2n) is 4.27. The van der Waals surface area contributed by atoms with Crippen LogP contribution in [0.1, 0.15) is 5.56 Å². The summed E-state index contributed by atoms with van der Waals surface area (Å²) in [5.74, 6) is 0. The highest BCUT2D eigenvalue weighted by Crippen LogP contribution is 2.25. The zero-order chi connectivity index (χ0) is 11.8. The Morgan fingerprint density at radius 2 is 2.00 bits per heavy atom. The lowest BCUT2D eigenvalue weighted by molar-refractivity contribution is 1.32. The van der Waals surface area contributed by atoms with Gasteiger partial charge in [0.1, 0.15) is 5.65 Å². The molecular formula is C14H13N3. The number of nitrogen functional groups attached to an aromatic ring is 1. The summed E-state index contributed by atoms with van der Waals surface area (Å²) in [7, 11) is 0. The van der Waals surface area contributed by atoms with Crippen molar-refractivity contribution in [1.29, 1.82) is 0 Å². The molecule has 3 N–H and O–H groups in total. The summed E-state index contributed by atoms with van der Waals surface area (Å²) < 4.78 is 0. The van der Waals surface area contributed by atoms with E-state index in [1.54, 1.807) is 0 Å². The topological polar surface area (TPSA) is 54.7 Å². The lowest BCUT2D eigenvalue weighted by Gasteiger charge is -2.05. The number of fused-ring (bicyclic) bond motifs is 1. The van der Waals surface area contributed by atoms with E-state index in [0.29, 0.717) is 0 Å². The number of pyridine rings is 1. The summed E-state index contributed by atoms with van der Waals surface area (Å²) in [6.07, 6.45) is 3.76. The highest BCUT2D eigenvalue weighted by atomic mass is 14.8. The van der Waals surface area contributed by atoms with Gasteiger partial charge in [-0.2, -0.15) is 0 Å². The molecule has 0 radical (unpaired) electrons. The van der Waals surface area contributed by atoms with Crippen molar-refractivity contribution in [2.45, 2.75) is 6.92 Å². The minimum absolute atomic E-state index is 0.786. The first-order valence-corrected chi connectivity index (χ1v) is 5.53. The molecule has 3 rings (SSSR count). The van der Waals surface area contributed by atoms with Gasteiger partial charge >= 0.3 is 0 Å². The molecule has 2 heterocycles. The number of rotatable bonds is 1. The normalized spacial score (nSPS) is 10.9. The van der Waals surface area contributed by atoms with Crippen LogP contribution in [0.3, 0.4) is 0 Å². The summed E-state index contributed by atoms with van der Waals surface area (Å²) in [4.78, 5) is 7.47. The van der Waals surface area contributed by atoms with Crippen LogP contribution in [0.15, 0.2) is 42.7 Å². The number of nitrogens with zero attached hydrogens (tertiary/aromatic N) is 1. The Labute approximate surface area is 99.3 Å². The SMILES string of the molecule is Cc1cc(N)cc(-c2cnc3[nH]ccc3c2)c1. The zero-order valence-corrected chi connectivity index (χ0v) is 9.57. The number of anilines is 1. The van der Waals surface area contributed by atoms with E-state index in [1.807, 2.05) is 37.5 Å². The summed E-state index contributed by atoms with van der Waals surface area (Å²) in [5, 5.41) is 1.11. The van der Waals surface area contributed by atoms with Crippen molar-refractivity contribution < 1.29 is 0 Å². The van der Waals surface area contributed by atoms with Crippen molar-refractivity contribution in [3.63, 3.8) is 0 Å². The number of aryl methyl sites for hydroxylation is 1. The molecule has 0 unspecified atom stereocenters. The number of hydrogen-bond donors (Lipinski definition) is 2. The molecule has 0 aliphatic rings. The average molecular weight is 223 g/mol. The molecule has 0 aliphatic heterocycles. The van der Waals surface area contributed by atoms with E-state index in [2.05, 4.69) is 22.1 Å². The molecule has 2 aromatic heterocycles. The van der Waals surface area contributed by atoms with E-state index in [4.69, 9.17) is 5.73 Å². The minimum atomic E-state index is 0.786. The number of hydrogen-bond acceptors (Lipinski definition) is 2. The molecule has 0 atom stereocenters. The maximum atomic E-state index is 5.86. The van der Waals surface area contributed by atoms with E-state index in [0.717, 1.165) is 33.4 Å². The maximum Gasteiger partial charge on any atom is 0.137 e. The van der Waals surface area contributed by atoms with Crippen LogP contribution < -0.4 is 5.73 Å². The number of aromatic nitrogens is 2. The summed E-state index contributed by atoms with van der Waals surface area (Å²) in [6.45, 7) is 2.04. The molecule has 0 saturated heterocycles. The molecule has 0 bridgehead atoms. The molecule has 3 heteroatoms. The second-order valence-corrected chi connectivity index (χ2v) is 4.27. The molecule has 3 aromatic rings. The van der Waals surface area contributed by atoms with Gasteiger partial charge in [-0.05, 0) is 42.3 Å². The van der Waals surface area contributed by atoms with Crippen molar-refractivity contribution in [1.82, 2.24) is 9.97 Å². The van der Waals surface area contributed by atoms with Gasteiger partial charge in [0.2, 0.25) is 0 Å². The smallest absolute Gasteiger partial charge is 0.137 e. The predicted octanol–water partition coefficient (Wildman–Crippen LogP) is 3.12. The quantitative estimate of drug-likeness (QED) is 0.623. The lowest BCUT2D eigenvalue weighted by atomic mass is 10.0.